The van der Waals surface area contributed by atoms with E-state index < -0.39 is 0 Å². The third kappa shape index (κ3) is 2.97. The van der Waals surface area contributed by atoms with Crippen molar-refractivity contribution in [2.75, 3.05) is 18.5 Å². The van der Waals surface area contributed by atoms with Gasteiger partial charge in [-0.3, -0.25) is 0 Å². The van der Waals surface area contributed by atoms with Gasteiger partial charge in [-0.05, 0) is 31.9 Å². The van der Waals surface area contributed by atoms with Gasteiger partial charge in [-0.15, -0.1) is 0 Å². The maximum absolute atomic E-state index is 13.5. The number of hydrogen-bond acceptors (Lipinski definition) is 4. The average molecular weight is 326 g/mol. The highest BCUT2D eigenvalue weighted by Gasteiger charge is 2.16. The summed E-state index contributed by atoms with van der Waals surface area (Å²) in [7, 11) is 0. The molecule has 0 aliphatic carbocycles. The van der Waals surface area contributed by atoms with Gasteiger partial charge in [-0.25, -0.2) is 9.37 Å². The second kappa shape index (κ2) is 6.20. The first-order valence-electron chi connectivity index (χ1n) is 8.18. The minimum atomic E-state index is -0.273. The number of anilines is 1. The topological polar surface area (TPSA) is 51.5 Å². The zero-order valence-electron chi connectivity index (χ0n) is 13.5. The third-order valence-corrected chi connectivity index (χ3v) is 4.21. The summed E-state index contributed by atoms with van der Waals surface area (Å²) in [5, 5.41) is 8.00. The van der Waals surface area contributed by atoms with Crippen molar-refractivity contribution in [3.8, 4) is 11.3 Å². The fourth-order valence-electron chi connectivity index (χ4n) is 3.04. The van der Waals surface area contributed by atoms with Crippen molar-refractivity contribution in [2.24, 2.45) is 0 Å². The smallest absolute Gasteiger partial charge is 0.158 e. The number of nitrogens with zero attached hydrogens (tertiary/aromatic N) is 3. The number of benzene rings is 1. The lowest BCUT2D eigenvalue weighted by Crippen LogP contribution is -2.20. The Balaban J connectivity index is 1.68. The Kier molecular flexibility index (Phi) is 3.90. The van der Waals surface area contributed by atoms with E-state index in [-0.39, 0.29) is 11.9 Å². The van der Waals surface area contributed by atoms with Crippen LogP contribution in [0.2, 0.25) is 0 Å². The summed E-state index contributed by atoms with van der Waals surface area (Å²) < 4.78 is 20.9. The van der Waals surface area contributed by atoms with Crippen molar-refractivity contribution in [3.05, 3.63) is 47.9 Å². The molecule has 0 saturated carbocycles. The molecule has 24 heavy (non-hydrogen) atoms. The van der Waals surface area contributed by atoms with E-state index in [4.69, 9.17) is 4.74 Å². The first kappa shape index (κ1) is 15.1. The molecule has 124 valence electrons. The van der Waals surface area contributed by atoms with Gasteiger partial charge in [0, 0.05) is 36.5 Å². The van der Waals surface area contributed by atoms with Crippen LogP contribution in [0.5, 0.6) is 0 Å². The highest BCUT2D eigenvalue weighted by Crippen LogP contribution is 2.23. The van der Waals surface area contributed by atoms with Gasteiger partial charge in [0.1, 0.15) is 11.6 Å². The lowest BCUT2D eigenvalue weighted by molar-refractivity contribution is 0.120. The Morgan fingerprint density at radius 3 is 3.04 bits per heavy atom. The first-order valence-corrected chi connectivity index (χ1v) is 8.18. The molecule has 1 unspecified atom stereocenters. The molecule has 0 bridgehead atoms. The molecule has 3 aromatic rings. The molecule has 6 heteroatoms. The summed E-state index contributed by atoms with van der Waals surface area (Å²) >= 11 is 0. The zero-order chi connectivity index (χ0) is 16.5. The van der Waals surface area contributed by atoms with Gasteiger partial charge >= 0.3 is 0 Å². The van der Waals surface area contributed by atoms with Crippen molar-refractivity contribution < 1.29 is 9.13 Å². The lowest BCUT2D eigenvalue weighted by Gasteiger charge is -2.13. The number of hydrogen-bond donors (Lipinski definition) is 1. The van der Waals surface area contributed by atoms with E-state index in [0.717, 1.165) is 48.7 Å². The molecule has 1 fully saturated rings. The quantitative estimate of drug-likeness (QED) is 0.798. The SMILES string of the molecule is Cc1cc(NCC2CCCO2)n2nc(-c3cccc(F)c3)cc2n1. The van der Waals surface area contributed by atoms with Crippen molar-refractivity contribution >= 4 is 11.5 Å². The molecule has 1 aromatic carbocycles. The molecule has 1 aliphatic heterocycles. The van der Waals surface area contributed by atoms with Gasteiger partial charge in [0.05, 0.1) is 11.8 Å². The van der Waals surface area contributed by atoms with Crippen LogP contribution in [0.4, 0.5) is 10.2 Å². The van der Waals surface area contributed by atoms with Crippen LogP contribution in [-0.4, -0.2) is 33.9 Å². The molecule has 2 aromatic heterocycles. The molecule has 0 spiro atoms. The highest BCUT2D eigenvalue weighted by molar-refractivity contribution is 5.65. The van der Waals surface area contributed by atoms with Crippen LogP contribution in [0.1, 0.15) is 18.5 Å². The molecule has 1 N–H and O–H groups in total. The Bertz CT molecular complexity index is 871. The lowest BCUT2D eigenvalue weighted by atomic mass is 10.1. The molecule has 4 rings (SSSR count). The molecule has 0 radical (unpaired) electrons. The van der Waals surface area contributed by atoms with Crippen molar-refractivity contribution in [1.82, 2.24) is 14.6 Å². The molecule has 3 heterocycles. The Hall–Kier alpha value is -2.47. The van der Waals surface area contributed by atoms with Crippen LogP contribution in [0, 0.1) is 12.7 Å². The third-order valence-electron chi connectivity index (χ3n) is 4.21. The number of nitrogens with one attached hydrogen (secondary N) is 1. The number of ether oxygens (including phenoxy) is 1. The zero-order valence-corrected chi connectivity index (χ0v) is 13.5. The Morgan fingerprint density at radius 2 is 2.25 bits per heavy atom. The average Bonchev–Trinajstić information content (AvgIpc) is 3.21. The first-order chi connectivity index (χ1) is 11.7. The van der Waals surface area contributed by atoms with E-state index >= 15 is 0 Å². The van der Waals surface area contributed by atoms with Crippen molar-refractivity contribution in [2.45, 2.75) is 25.9 Å². The molecule has 1 saturated heterocycles. The van der Waals surface area contributed by atoms with Gasteiger partial charge in [0.15, 0.2) is 5.65 Å². The largest absolute Gasteiger partial charge is 0.376 e. The van der Waals surface area contributed by atoms with E-state index in [0.29, 0.717) is 5.69 Å². The van der Waals surface area contributed by atoms with Gasteiger partial charge in [-0.1, -0.05) is 12.1 Å². The normalized spacial score (nSPS) is 17.5. The number of rotatable bonds is 4. The number of aryl methyl sites for hydroxylation is 1. The maximum atomic E-state index is 13.5. The van der Waals surface area contributed by atoms with Crippen molar-refractivity contribution in [1.29, 1.82) is 0 Å². The van der Waals surface area contributed by atoms with Crippen LogP contribution >= 0.6 is 0 Å². The predicted molar refractivity (Wildman–Crippen MR) is 90.6 cm³/mol. The minimum Gasteiger partial charge on any atom is -0.376 e. The van der Waals surface area contributed by atoms with Gasteiger partial charge in [0.2, 0.25) is 0 Å². The van der Waals surface area contributed by atoms with E-state index in [1.165, 1.54) is 12.1 Å². The minimum absolute atomic E-state index is 0.242. The number of aromatic nitrogens is 3. The molecule has 1 aliphatic rings. The summed E-state index contributed by atoms with van der Waals surface area (Å²) in [6, 6.07) is 10.3. The fraction of sp³-hybridized carbons (Fsp3) is 0.333. The summed E-state index contributed by atoms with van der Waals surface area (Å²) in [5.41, 5.74) is 3.09. The van der Waals surface area contributed by atoms with Crippen LogP contribution in [0.15, 0.2) is 36.4 Å². The van der Waals surface area contributed by atoms with Gasteiger partial charge < -0.3 is 10.1 Å². The molecular formula is C18H19FN4O. The second-order valence-corrected chi connectivity index (χ2v) is 6.11. The van der Waals surface area contributed by atoms with Crippen molar-refractivity contribution in [3.63, 3.8) is 0 Å². The van der Waals surface area contributed by atoms with Crippen LogP contribution < -0.4 is 5.32 Å². The Labute approximate surface area is 139 Å². The number of fused-ring (bicyclic) bond motifs is 1. The maximum Gasteiger partial charge on any atom is 0.158 e. The Morgan fingerprint density at radius 1 is 1.33 bits per heavy atom. The molecule has 5 nitrogen and oxygen atoms in total. The molecular weight excluding hydrogens is 307 g/mol. The summed E-state index contributed by atoms with van der Waals surface area (Å²) in [6.07, 6.45) is 2.43. The number of halogens is 1. The van der Waals surface area contributed by atoms with Crippen LogP contribution in [-0.2, 0) is 4.74 Å². The van der Waals surface area contributed by atoms with Gasteiger partial charge in [-0.2, -0.15) is 9.61 Å². The van der Waals surface area contributed by atoms with E-state index in [1.54, 1.807) is 10.6 Å². The summed E-state index contributed by atoms with van der Waals surface area (Å²) in [5.74, 6) is 0.598. The second-order valence-electron chi connectivity index (χ2n) is 6.11. The van der Waals surface area contributed by atoms with Crippen LogP contribution in [0.25, 0.3) is 16.9 Å². The molecule has 1 atom stereocenters. The predicted octanol–water partition coefficient (Wildman–Crippen LogP) is 3.43. The fourth-order valence-corrected chi connectivity index (χ4v) is 3.04. The van der Waals surface area contributed by atoms with Crippen LogP contribution in [0.3, 0.4) is 0 Å². The van der Waals surface area contributed by atoms with E-state index in [9.17, 15) is 4.39 Å². The van der Waals surface area contributed by atoms with Gasteiger partial charge in [0.25, 0.3) is 0 Å². The highest BCUT2D eigenvalue weighted by atomic mass is 19.1. The molecule has 0 amide bonds. The monoisotopic (exact) mass is 326 g/mol. The van der Waals surface area contributed by atoms with E-state index in [2.05, 4.69) is 15.4 Å². The standard InChI is InChI=1S/C18H19FN4O/c1-12-8-17(20-11-15-6-3-7-24-15)23-18(21-12)10-16(22-23)13-4-2-5-14(19)9-13/h2,4-5,8-10,15,20H,3,6-7,11H2,1H3. The summed E-state index contributed by atoms with van der Waals surface area (Å²) in [4.78, 5) is 4.52. The van der Waals surface area contributed by atoms with E-state index in [1.807, 2.05) is 25.1 Å². The summed E-state index contributed by atoms with van der Waals surface area (Å²) in [6.45, 7) is 3.53.